The Hall–Kier alpha value is -0.490. The maximum absolute atomic E-state index is 5.60. The molecule has 0 radical (unpaired) electrons. The number of thiazole rings is 1. The maximum Gasteiger partial charge on any atom is 0.106 e. The minimum absolute atomic E-state index is 0.146. The number of ether oxygens (including phenoxy) is 2. The molecule has 1 aromatic heterocycles. The molecule has 96 valence electrons. The van der Waals surface area contributed by atoms with E-state index in [1.54, 1.807) is 18.4 Å². The number of nitrogens with one attached hydrogen (secondary N) is 1. The minimum Gasteiger partial charge on any atom is -0.378 e. The standard InChI is InChI=1S/C12H20N2O2S/c1-9(11-10(2)14-8-17-11)13-6-12(15-3)4-5-16-7-12/h8-9,13H,4-7H2,1-3H3. The predicted octanol–water partition coefficient (Wildman–Crippen LogP) is 1.91. The Labute approximate surface area is 106 Å². The van der Waals surface area contributed by atoms with Gasteiger partial charge in [-0.2, -0.15) is 0 Å². The first-order valence-corrected chi connectivity index (χ1v) is 6.81. The molecule has 0 saturated carbocycles. The van der Waals surface area contributed by atoms with Gasteiger partial charge in [0.2, 0.25) is 0 Å². The van der Waals surface area contributed by atoms with Crippen LogP contribution < -0.4 is 5.32 Å². The molecular formula is C12H20N2O2S. The lowest BCUT2D eigenvalue weighted by Gasteiger charge is -2.27. The van der Waals surface area contributed by atoms with Crippen molar-refractivity contribution in [2.24, 2.45) is 0 Å². The molecule has 2 rings (SSSR count). The van der Waals surface area contributed by atoms with Crippen molar-refractivity contribution >= 4 is 11.3 Å². The predicted molar refractivity (Wildman–Crippen MR) is 68.4 cm³/mol. The van der Waals surface area contributed by atoms with Gasteiger partial charge in [-0.3, -0.25) is 0 Å². The fraction of sp³-hybridized carbons (Fsp3) is 0.750. The molecule has 1 fully saturated rings. The first-order chi connectivity index (χ1) is 8.17. The summed E-state index contributed by atoms with van der Waals surface area (Å²) in [5, 5.41) is 3.52. The maximum atomic E-state index is 5.60. The van der Waals surface area contributed by atoms with E-state index in [1.807, 2.05) is 5.51 Å². The molecule has 1 aromatic rings. The van der Waals surface area contributed by atoms with Crippen molar-refractivity contribution in [3.8, 4) is 0 Å². The highest BCUT2D eigenvalue weighted by Gasteiger charge is 2.35. The average molecular weight is 256 g/mol. The Bertz CT molecular complexity index is 361. The molecule has 0 aliphatic carbocycles. The Morgan fingerprint density at radius 1 is 1.71 bits per heavy atom. The highest BCUT2D eigenvalue weighted by molar-refractivity contribution is 7.09. The zero-order chi connectivity index (χ0) is 12.3. The summed E-state index contributed by atoms with van der Waals surface area (Å²) in [6.45, 7) is 6.52. The highest BCUT2D eigenvalue weighted by atomic mass is 32.1. The van der Waals surface area contributed by atoms with Crippen LogP contribution in [0.4, 0.5) is 0 Å². The fourth-order valence-corrected chi connectivity index (χ4v) is 2.95. The Morgan fingerprint density at radius 3 is 3.06 bits per heavy atom. The normalized spacial score (nSPS) is 26.3. The summed E-state index contributed by atoms with van der Waals surface area (Å²) in [6, 6.07) is 0.315. The molecule has 1 saturated heterocycles. The summed E-state index contributed by atoms with van der Waals surface area (Å²) in [7, 11) is 1.76. The number of rotatable bonds is 5. The van der Waals surface area contributed by atoms with Gasteiger partial charge in [-0.25, -0.2) is 4.98 Å². The first-order valence-electron chi connectivity index (χ1n) is 5.93. The Morgan fingerprint density at radius 2 is 2.53 bits per heavy atom. The lowest BCUT2D eigenvalue weighted by atomic mass is 10.0. The van der Waals surface area contributed by atoms with E-state index in [0.717, 1.165) is 25.3 Å². The molecule has 1 aliphatic heterocycles. The topological polar surface area (TPSA) is 43.4 Å². The van der Waals surface area contributed by atoms with Crippen molar-refractivity contribution in [1.82, 2.24) is 10.3 Å². The van der Waals surface area contributed by atoms with Crippen LogP contribution in [-0.2, 0) is 9.47 Å². The van der Waals surface area contributed by atoms with Crippen LogP contribution in [0.25, 0.3) is 0 Å². The third-order valence-electron chi connectivity index (χ3n) is 3.41. The lowest BCUT2D eigenvalue weighted by molar-refractivity contribution is -0.0171. The summed E-state index contributed by atoms with van der Waals surface area (Å²) in [4.78, 5) is 5.58. The Balaban J connectivity index is 1.91. The molecule has 1 aliphatic rings. The molecule has 0 amide bonds. The smallest absolute Gasteiger partial charge is 0.106 e. The number of nitrogens with zero attached hydrogens (tertiary/aromatic N) is 1. The van der Waals surface area contributed by atoms with Gasteiger partial charge < -0.3 is 14.8 Å². The van der Waals surface area contributed by atoms with Crippen LogP contribution in [0.5, 0.6) is 0 Å². The second-order valence-corrected chi connectivity index (χ2v) is 5.48. The second-order valence-electron chi connectivity index (χ2n) is 4.59. The summed E-state index contributed by atoms with van der Waals surface area (Å²) >= 11 is 1.70. The van der Waals surface area contributed by atoms with E-state index < -0.39 is 0 Å². The molecule has 0 spiro atoms. The van der Waals surface area contributed by atoms with E-state index in [4.69, 9.17) is 9.47 Å². The van der Waals surface area contributed by atoms with Crippen LogP contribution in [0.2, 0.25) is 0 Å². The SMILES string of the molecule is COC1(CNC(C)c2scnc2C)CCOC1. The van der Waals surface area contributed by atoms with E-state index in [1.165, 1.54) is 4.88 Å². The molecule has 4 nitrogen and oxygen atoms in total. The highest BCUT2D eigenvalue weighted by Crippen LogP contribution is 2.25. The van der Waals surface area contributed by atoms with Gasteiger partial charge in [0.25, 0.3) is 0 Å². The summed E-state index contributed by atoms with van der Waals surface area (Å²) in [5.41, 5.74) is 2.87. The Kier molecular flexibility index (Phi) is 4.14. The van der Waals surface area contributed by atoms with E-state index in [9.17, 15) is 0 Å². The minimum atomic E-state index is -0.146. The fourth-order valence-electron chi connectivity index (χ4n) is 2.12. The van der Waals surface area contributed by atoms with Crippen LogP contribution >= 0.6 is 11.3 Å². The third-order valence-corrected chi connectivity index (χ3v) is 4.52. The zero-order valence-electron chi connectivity index (χ0n) is 10.7. The number of hydrogen-bond acceptors (Lipinski definition) is 5. The first kappa shape index (κ1) is 13.0. The van der Waals surface area contributed by atoms with Crippen LogP contribution in [-0.4, -0.2) is 37.5 Å². The van der Waals surface area contributed by atoms with Gasteiger partial charge in [-0.05, 0) is 13.8 Å². The van der Waals surface area contributed by atoms with Crippen molar-refractivity contribution in [2.45, 2.75) is 31.9 Å². The van der Waals surface area contributed by atoms with Gasteiger partial charge in [0, 0.05) is 37.6 Å². The molecule has 5 heteroatoms. The van der Waals surface area contributed by atoms with Gasteiger partial charge in [0.1, 0.15) is 5.60 Å². The van der Waals surface area contributed by atoms with Gasteiger partial charge in [0.05, 0.1) is 17.8 Å². The summed E-state index contributed by atoms with van der Waals surface area (Å²) in [6.07, 6.45) is 0.963. The molecule has 2 heterocycles. The third kappa shape index (κ3) is 2.85. The van der Waals surface area contributed by atoms with Crippen LogP contribution in [0.3, 0.4) is 0 Å². The second kappa shape index (κ2) is 5.44. The van der Waals surface area contributed by atoms with Crippen molar-refractivity contribution in [3.63, 3.8) is 0 Å². The van der Waals surface area contributed by atoms with Crippen LogP contribution in [0.1, 0.15) is 30.0 Å². The van der Waals surface area contributed by atoms with Crippen LogP contribution in [0, 0.1) is 6.92 Å². The molecule has 2 atom stereocenters. The number of aryl methyl sites for hydroxylation is 1. The monoisotopic (exact) mass is 256 g/mol. The average Bonchev–Trinajstić information content (AvgIpc) is 2.95. The summed E-state index contributed by atoms with van der Waals surface area (Å²) in [5.74, 6) is 0. The van der Waals surface area contributed by atoms with Crippen molar-refractivity contribution in [2.75, 3.05) is 26.9 Å². The van der Waals surface area contributed by atoms with Gasteiger partial charge in [-0.15, -0.1) is 11.3 Å². The van der Waals surface area contributed by atoms with Crippen molar-refractivity contribution in [1.29, 1.82) is 0 Å². The molecule has 0 aromatic carbocycles. The molecular weight excluding hydrogens is 236 g/mol. The molecule has 2 unspecified atom stereocenters. The number of aromatic nitrogens is 1. The van der Waals surface area contributed by atoms with E-state index in [-0.39, 0.29) is 5.60 Å². The molecule has 17 heavy (non-hydrogen) atoms. The van der Waals surface area contributed by atoms with Crippen molar-refractivity contribution in [3.05, 3.63) is 16.1 Å². The van der Waals surface area contributed by atoms with Gasteiger partial charge in [-0.1, -0.05) is 0 Å². The van der Waals surface area contributed by atoms with Crippen molar-refractivity contribution < 1.29 is 9.47 Å². The van der Waals surface area contributed by atoms with Gasteiger partial charge >= 0.3 is 0 Å². The van der Waals surface area contributed by atoms with E-state index in [2.05, 4.69) is 24.1 Å². The van der Waals surface area contributed by atoms with E-state index in [0.29, 0.717) is 12.6 Å². The lowest BCUT2D eigenvalue weighted by Crippen LogP contribution is -2.43. The van der Waals surface area contributed by atoms with Gasteiger partial charge in [0.15, 0.2) is 0 Å². The zero-order valence-corrected chi connectivity index (χ0v) is 11.5. The van der Waals surface area contributed by atoms with Crippen LogP contribution in [0.15, 0.2) is 5.51 Å². The number of hydrogen-bond donors (Lipinski definition) is 1. The molecule has 1 N–H and O–H groups in total. The van der Waals surface area contributed by atoms with E-state index >= 15 is 0 Å². The molecule has 0 bridgehead atoms. The quantitative estimate of drug-likeness (QED) is 0.874. The number of methoxy groups -OCH3 is 1. The largest absolute Gasteiger partial charge is 0.378 e. The summed E-state index contributed by atoms with van der Waals surface area (Å²) < 4.78 is 11.0.